The SMILES string of the molecule is CCSC(=S)c1cnc(C)[nH]1. The minimum atomic E-state index is 0.896. The van der Waals surface area contributed by atoms with Crippen molar-refractivity contribution in [3.8, 4) is 0 Å². The third kappa shape index (κ3) is 2.31. The fourth-order valence-corrected chi connectivity index (χ4v) is 1.71. The molecule has 0 amide bonds. The number of thioether (sulfide) groups is 1. The Balaban J connectivity index is 2.69. The summed E-state index contributed by atoms with van der Waals surface area (Å²) in [5, 5.41) is 0. The molecule has 0 aliphatic heterocycles. The van der Waals surface area contributed by atoms with Gasteiger partial charge in [0.1, 0.15) is 5.82 Å². The van der Waals surface area contributed by atoms with Crippen molar-refractivity contribution in [1.82, 2.24) is 9.97 Å². The zero-order valence-electron chi connectivity index (χ0n) is 6.55. The Morgan fingerprint density at radius 1 is 1.82 bits per heavy atom. The second-order valence-corrected chi connectivity index (χ2v) is 4.04. The molecule has 0 saturated heterocycles. The molecule has 1 N–H and O–H groups in total. The summed E-state index contributed by atoms with van der Waals surface area (Å²) in [5.74, 6) is 1.93. The molecule has 0 unspecified atom stereocenters. The molecule has 2 nitrogen and oxygen atoms in total. The molecule has 1 aromatic heterocycles. The number of aromatic amines is 1. The van der Waals surface area contributed by atoms with Crippen LogP contribution in [0.5, 0.6) is 0 Å². The third-order valence-corrected chi connectivity index (χ3v) is 2.54. The molecule has 60 valence electrons. The van der Waals surface area contributed by atoms with Gasteiger partial charge in [0.2, 0.25) is 0 Å². The van der Waals surface area contributed by atoms with Crippen LogP contribution in [0, 0.1) is 6.92 Å². The summed E-state index contributed by atoms with van der Waals surface area (Å²) in [4.78, 5) is 7.15. The van der Waals surface area contributed by atoms with Crippen LogP contribution in [-0.4, -0.2) is 19.9 Å². The smallest absolute Gasteiger partial charge is 0.103 e. The molecule has 0 atom stereocenters. The Kier molecular flexibility index (Phi) is 3.08. The summed E-state index contributed by atoms with van der Waals surface area (Å²) >= 11 is 6.78. The molecule has 0 fully saturated rings. The summed E-state index contributed by atoms with van der Waals surface area (Å²) < 4.78 is 0.896. The van der Waals surface area contributed by atoms with E-state index in [1.54, 1.807) is 18.0 Å². The molecule has 1 heterocycles. The van der Waals surface area contributed by atoms with Crippen LogP contribution in [0.1, 0.15) is 18.4 Å². The zero-order chi connectivity index (χ0) is 8.27. The molecule has 1 rings (SSSR count). The highest BCUT2D eigenvalue weighted by atomic mass is 32.2. The molecule has 4 heteroatoms. The van der Waals surface area contributed by atoms with E-state index in [-0.39, 0.29) is 0 Å². The van der Waals surface area contributed by atoms with Gasteiger partial charge >= 0.3 is 0 Å². The molecule has 0 radical (unpaired) electrons. The van der Waals surface area contributed by atoms with Gasteiger partial charge in [0.15, 0.2) is 0 Å². The van der Waals surface area contributed by atoms with Crippen LogP contribution < -0.4 is 0 Å². The van der Waals surface area contributed by atoms with Crippen molar-refractivity contribution in [1.29, 1.82) is 0 Å². The molecule has 0 spiro atoms. The molecule has 0 saturated carbocycles. The maximum atomic E-state index is 5.12. The van der Waals surface area contributed by atoms with E-state index in [0.717, 1.165) is 21.5 Å². The quantitative estimate of drug-likeness (QED) is 0.717. The Bertz CT molecular complexity index is 255. The van der Waals surface area contributed by atoms with E-state index in [1.165, 1.54) is 0 Å². The van der Waals surface area contributed by atoms with E-state index >= 15 is 0 Å². The van der Waals surface area contributed by atoms with Crippen molar-refractivity contribution in [3.63, 3.8) is 0 Å². The van der Waals surface area contributed by atoms with Gasteiger partial charge in [-0.1, -0.05) is 19.1 Å². The number of H-pyrrole nitrogens is 1. The first-order valence-corrected chi connectivity index (χ1v) is 4.82. The highest BCUT2D eigenvalue weighted by molar-refractivity contribution is 8.23. The Hall–Kier alpha value is -0.350. The average Bonchev–Trinajstić information content (AvgIpc) is 2.36. The number of hydrogen-bond donors (Lipinski definition) is 1. The standard InChI is InChI=1S/C7H10N2S2/c1-3-11-7(10)6-4-8-5(2)9-6/h4H,3H2,1-2H3,(H,8,9). The normalized spacial score (nSPS) is 10.0. The lowest BCUT2D eigenvalue weighted by atomic mass is 10.6. The summed E-state index contributed by atoms with van der Waals surface area (Å²) in [5.41, 5.74) is 0.962. The minimum absolute atomic E-state index is 0.896. The first-order valence-electron chi connectivity index (χ1n) is 3.42. The second-order valence-electron chi connectivity index (χ2n) is 2.10. The van der Waals surface area contributed by atoms with Crippen LogP contribution in [0.25, 0.3) is 0 Å². The number of nitrogens with zero attached hydrogens (tertiary/aromatic N) is 1. The maximum Gasteiger partial charge on any atom is 0.103 e. The highest BCUT2D eigenvalue weighted by Gasteiger charge is 2.02. The highest BCUT2D eigenvalue weighted by Crippen LogP contribution is 2.11. The van der Waals surface area contributed by atoms with E-state index < -0.39 is 0 Å². The van der Waals surface area contributed by atoms with Gasteiger partial charge in [0.05, 0.1) is 16.1 Å². The van der Waals surface area contributed by atoms with Crippen molar-refractivity contribution in [2.24, 2.45) is 0 Å². The average molecular weight is 186 g/mol. The van der Waals surface area contributed by atoms with E-state index in [2.05, 4.69) is 16.9 Å². The van der Waals surface area contributed by atoms with Gasteiger partial charge in [-0.05, 0) is 12.7 Å². The molecule has 11 heavy (non-hydrogen) atoms. The van der Waals surface area contributed by atoms with E-state index in [0.29, 0.717) is 0 Å². The van der Waals surface area contributed by atoms with Crippen molar-refractivity contribution < 1.29 is 0 Å². The molecule has 0 aliphatic carbocycles. The van der Waals surface area contributed by atoms with Crippen molar-refractivity contribution in [2.45, 2.75) is 13.8 Å². The lowest BCUT2D eigenvalue weighted by Gasteiger charge is -1.95. The van der Waals surface area contributed by atoms with Crippen molar-refractivity contribution in [3.05, 3.63) is 17.7 Å². The van der Waals surface area contributed by atoms with Crippen LogP contribution >= 0.6 is 24.0 Å². The number of aromatic nitrogens is 2. The van der Waals surface area contributed by atoms with Crippen molar-refractivity contribution in [2.75, 3.05) is 5.75 Å². The topological polar surface area (TPSA) is 28.7 Å². The molecular weight excluding hydrogens is 176 g/mol. The third-order valence-electron chi connectivity index (χ3n) is 1.20. The van der Waals surface area contributed by atoms with Crippen molar-refractivity contribution >= 4 is 28.2 Å². The maximum absolute atomic E-state index is 5.12. The number of nitrogens with one attached hydrogen (secondary N) is 1. The molecule has 1 aromatic rings. The monoisotopic (exact) mass is 186 g/mol. The predicted octanol–water partition coefficient (Wildman–Crippen LogP) is 2.15. The Labute approximate surface area is 75.8 Å². The molecular formula is C7H10N2S2. The van der Waals surface area contributed by atoms with E-state index in [4.69, 9.17) is 12.2 Å². The second kappa shape index (κ2) is 3.88. The Morgan fingerprint density at radius 3 is 3.00 bits per heavy atom. The van der Waals surface area contributed by atoms with Gasteiger partial charge < -0.3 is 4.98 Å². The van der Waals surface area contributed by atoms with Crippen LogP contribution in [0.4, 0.5) is 0 Å². The van der Waals surface area contributed by atoms with Crippen LogP contribution in [0.2, 0.25) is 0 Å². The lowest BCUT2D eigenvalue weighted by molar-refractivity contribution is 1.15. The van der Waals surface area contributed by atoms with Crippen LogP contribution in [0.15, 0.2) is 6.20 Å². The Morgan fingerprint density at radius 2 is 2.55 bits per heavy atom. The van der Waals surface area contributed by atoms with E-state index in [1.807, 2.05) is 6.92 Å². The van der Waals surface area contributed by atoms with E-state index in [9.17, 15) is 0 Å². The number of hydrogen-bond acceptors (Lipinski definition) is 3. The van der Waals surface area contributed by atoms with Crippen LogP contribution in [-0.2, 0) is 0 Å². The number of imidazole rings is 1. The van der Waals surface area contributed by atoms with Gasteiger partial charge in [-0.2, -0.15) is 0 Å². The van der Waals surface area contributed by atoms with Gasteiger partial charge in [-0.25, -0.2) is 4.98 Å². The summed E-state index contributed by atoms with van der Waals surface area (Å²) in [6.45, 7) is 4.00. The zero-order valence-corrected chi connectivity index (χ0v) is 8.18. The van der Waals surface area contributed by atoms with Gasteiger partial charge in [-0.3, -0.25) is 0 Å². The molecule has 0 aliphatic rings. The summed E-state index contributed by atoms with van der Waals surface area (Å²) in [6.07, 6.45) is 1.78. The first-order chi connectivity index (χ1) is 5.24. The largest absolute Gasteiger partial charge is 0.341 e. The molecule has 0 bridgehead atoms. The number of rotatable bonds is 2. The van der Waals surface area contributed by atoms with Gasteiger partial charge in [-0.15, -0.1) is 11.8 Å². The predicted molar refractivity (Wildman–Crippen MR) is 53.2 cm³/mol. The minimum Gasteiger partial charge on any atom is -0.341 e. The number of thiocarbonyl (C=S) groups is 1. The van der Waals surface area contributed by atoms with Gasteiger partial charge in [0, 0.05) is 0 Å². The summed E-state index contributed by atoms with van der Waals surface area (Å²) in [6, 6.07) is 0. The first kappa shape index (κ1) is 8.74. The fraction of sp³-hybridized carbons (Fsp3) is 0.429. The molecule has 0 aromatic carbocycles. The number of aryl methyl sites for hydroxylation is 1. The van der Waals surface area contributed by atoms with Gasteiger partial charge in [0.25, 0.3) is 0 Å². The summed E-state index contributed by atoms with van der Waals surface area (Å²) in [7, 11) is 0. The fourth-order valence-electron chi connectivity index (χ4n) is 0.733. The van der Waals surface area contributed by atoms with Crippen LogP contribution in [0.3, 0.4) is 0 Å². The lowest BCUT2D eigenvalue weighted by Crippen LogP contribution is -1.91.